The molecule has 0 saturated heterocycles. The van der Waals surface area contributed by atoms with E-state index in [2.05, 4.69) is 21.2 Å². The molecular formula is C14H20BrNO3. The fourth-order valence-corrected chi connectivity index (χ4v) is 2.99. The van der Waals surface area contributed by atoms with Crippen LogP contribution in [0.3, 0.4) is 0 Å². The first kappa shape index (κ1) is 14.6. The summed E-state index contributed by atoms with van der Waals surface area (Å²) in [5.74, 6) is 0.592. The molecule has 1 aliphatic carbocycles. The third kappa shape index (κ3) is 3.84. The van der Waals surface area contributed by atoms with Gasteiger partial charge in [-0.05, 0) is 59.3 Å². The van der Waals surface area contributed by atoms with Crippen molar-refractivity contribution < 1.29 is 14.9 Å². The van der Waals surface area contributed by atoms with E-state index in [0.29, 0.717) is 22.8 Å². The Labute approximate surface area is 121 Å². The lowest BCUT2D eigenvalue weighted by molar-refractivity contribution is 0.111. The van der Waals surface area contributed by atoms with Crippen LogP contribution >= 0.6 is 15.9 Å². The quantitative estimate of drug-likeness (QED) is 0.794. The molecule has 1 aromatic carbocycles. The van der Waals surface area contributed by atoms with Gasteiger partial charge >= 0.3 is 0 Å². The number of aliphatic hydroxyl groups is 1. The molecule has 4 nitrogen and oxygen atoms in total. The van der Waals surface area contributed by atoms with Crippen molar-refractivity contribution >= 4 is 15.9 Å². The number of aliphatic hydroxyl groups excluding tert-OH is 1. The van der Waals surface area contributed by atoms with Crippen LogP contribution in [0.4, 0.5) is 0 Å². The minimum Gasteiger partial charge on any atom is -0.503 e. The normalized spacial score (nSPS) is 23.3. The highest BCUT2D eigenvalue weighted by Gasteiger charge is 2.19. The van der Waals surface area contributed by atoms with E-state index in [4.69, 9.17) is 4.74 Å². The van der Waals surface area contributed by atoms with Gasteiger partial charge < -0.3 is 20.3 Å². The minimum absolute atomic E-state index is 0.124. The van der Waals surface area contributed by atoms with Crippen LogP contribution in [0.5, 0.6) is 11.5 Å². The molecule has 2 rings (SSSR count). The summed E-state index contributed by atoms with van der Waals surface area (Å²) in [6.45, 7) is 0.701. The number of halogens is 1. The van der Waals surface area contributed by atoms with Crippen LogP contribution in [0, 0.1) is 0 Å². The van der Waals surface area contributed by atoms with E-state index >= 15 is 0 Å². The van der Waals surface area contributed by atoms with Gasteiger partial charge in [0.05, 0.1) is 17.7 Å². The molecule has 0 heterocycles. The number of hydrogen-bond acceptors (Lipinski definition) is 4. The second-order valence-electron chi connectivity index (χ2n) is 5.03. The number of ether oxygens (including phenoxy) is 1. The lowest BCUT2D eigenvalue weighted by Gasteiger charge is -2.26. The fraction of sp³-hybridized carbons (Fsp3) is 0.571. The zero-order chi connectivity index (χ0) is 13.8. The SMILES string of the molecule is COc1cc(CNC2CCCC(O)C2)cc(Br)c1O. The topological polar surface area (TPSA) is 61.7 Å². The molecule has 19 heavy (non-hydrogen) atoms. The van der Waals surface area contributed by atoms with Crippen LogP contribution in [0.2, 0.25) is 0 Å². The zero-order valence-electron chi connectivity index (χ0n) is 11.0. The van der Waals surface area contributed by atoms with Crippen LogP contribution in [0.25, 0.3) is 0 Å². The molecular weight excluding hydrogens is 310 g/mol. The van der Waals surface area contributed by atoms with Crippen molar-refractivity contribution in [2.75, 3.05) is 7.11 Å². The van der Waals surface area contributed by atoms with Gasteiger partial charge in [0.15, 0.2) is 11.5 Å². The molecule has 0 spiro atoms. The Morgan fingerprint density at radius 3 is 2.89 bits per heavy atom. The number of aromatic hydroxyl groups is 1. The van der Waals surface area contributed by atoms with E-state index in [1.807, 2.05) is 12.1 Å². The summed E-state index contributed by atoms with van der Waals surface area (Å²) in [6, 6.07) is 4.07. The number of benzene rings is 1. The van der Waals surface area contributed by atoms with Crippen molar-refractivity contribution in [2.45, 2.75) is 44.4 Å². The van der Waals surface area contributed by atoms with Crippen LogP contribution < -0.4 is 10.1 Å². The number of hydrogen-bond donors (Lipinski definition) is 3. The molecule has 0 aliphatic heterocycles. The van der Waals surface area contributed by atoms with Crippen molar-refractivity contribution in [3.05, 3.63) is 22.2 Å². The predicted octanol–water partition coefficient (Wildman–Crippen LogP) is 2.56. The number of rotatable bonds is 4. The van der Waals surface area contributed by atoms with Crippen LogP contribution in [0.15, 0.2) is 16.6 Å². The van der Waals surface area contributed by atoms with E-state index in [9.17, 15) is 10.2 Å². The molecule has 2 atom stereocenters. The predicted molar refractivity (Wildman–Crippen MR) is 77.5 cm³/mol. The van der Waals surface area contributed by atoms with Crippen molar-refractivity contribution in [3.63, 3.8) is 0 Å². The van der Waals surface area contributed by atoms with Crippen LogP contribution in [0.1, 0.15) is 31.2 Å². The lowest BCUT2D eigenvalue weighted by atomic mass is 9.93. The third-order valence-corrected chi connectivity index (χ3v) is 4.15. The molecule has 0 amide bonds. The van der Waals surface area contributed by atoms with Crippen LogP contribution in [-0.4, -0.2) is 29.5 Å². The smallest absolute Gasteiger partial charge is 0.172 e. The molecule has 106 valence electrons. The van der Waals surface area contributed by atoms with Gasteiger partial charge in [-0.3, -0.25) is 0 Å². The summed E-state index contributed by atoms with van der Waals surface area (Å²) in [5.41, 5.74) is 1.04. The van der Waals surface area contributed by atoms with Gasteiger partial charge in [0.2, 0.25) is 0 Å². The van der Waals surface area contributed by atoms with Gasteiger partial charge in [-0.1, -0.05) is 0 Å². The Balaban J connectivity index is 1.97. The highest BCUT2D eigenvalue weighted by molar-refractivity contribution is 9.10. The van der Waals surface area contributed by atoms with Gasteiger partial charge in [-0.15, -0.1) is 0 Å². The molecule has 0 aromatic heterocycles. The number of methoxy groups -OCH3 is 1. The Morgan fingerprint density at radius 1 is 1.42 bits per heavy atom. The molecule has 1 aliphatic rings. The van der Waals surface area contributed by atoms with E-state index in [1.54, 1.807) is 0 Å². The highest BCUT2D eigenvalue weighted by atomic mass is 79.9. The van der Waals surface area contributed by atoms with Gasteiger partial charge in [-0.2, -0.15) is 0 Å². The molecule has 3 N–H and O–H groups in total. The molecule has 1 fully saturated rings. The largest absolute Gasteiger partial charge is 0.503 e. The number of phenolic OH excluding ortho intramolecular Hbond substituents is 1. The lowest BCUT2D eigenvalue weighted by Crippen LogP contribution is -2.35. The van der Waals surface area contributed by atoms with Crippen molar-refractivity contribution in [3.8, 4) is 11.5 Å². The van der Waals surface area contributed by atoms with Gasteiger partial charge in [0.25, 0.3) is 0 Å². The standard InChI is InChI=1S/C14H20BrNO3/c1-19-13-6-9(5-12(15)14(13)18)8-16-10-3-2-4-11(17)7-10/h5-6,10-11,16-18H,2-4,7-8H2,1H3. The van der Waals surface area contributed by atoms with Crippen molar-refractivity contribution in [1.82, 2.24) is 5.32 Å². The fourth-order valence-electron chi connectivity index (χ4n) is 2.50. The summed E-state index contributed by atoms with van der Waals surface area (Å²) < 4.78 is 5.76. The number of phenols is 1. The molecule has 0 radical (unpaired) electrons. The number of nitrogens with one attached hydrogen (secondary N) is 1. The molecule has 1 aromatic rings. The summed E-state index contributed by atoms with van der Waals surface area (Å²) in [7, 11) is 1.54. The Morgan fingerprint density at radius 2 is 2.21 bits per heavy atom. The van der Waals surface area contributed by atoms with E-state index in [1.165, 1.54) is 7.11 Å². The molecule has 5 heteroatoms. The first-order chi connectivity index (χ1) is 9.10. The monoisotopic (exact) mass is 329 g/mol. The Bertz CT molecular complexity index is 439. The highest BCUT2D eigenvalue weighted by Crippen LogP contribution is 2.35. The average molecular weight is 330 g/mol. The second-order valence-corrected chi connectivity index (χ2v) is 5.88. The summed E-state index contributed by atoms with van der Waals surface area (Å²) in [5, 5.41) is 22.8. The molecule has 2 unspecified atom stereocenters. The maximum absolute atomic E-state index is 9.75. The van der Waals surface area contributed by atoms with Gasteiger partial charge in [0, 0.05) is 12.6 Å². The maximum atomic E-state index is 9.75. The van der Waals surface area contributed by atoms with E-state index < -0.39 is 0 Å². The Kier molecular flexibility index (Phi) is 5.07. The first-order valence-electron chi connectivity index (χ1n) is 6.57. The summed E-state index contributed by atoms with van der Waals surface area (Å²) in [6.07, 6.45) is 3.73. The van der Waals surface area contributed by atoms with E-state index in [-0.39, 0.29) is 11.9 Å². The van der Waals surface area contributed by atoms with Crippen molar-refractivity contribution in [2.24, 2.45) is 0 Å². The van der Waals surface area contributed by atoms with E-state index in [0.717, 1.165) is 31.2 Å². The summed E-state index contributed by atoms with van der Waals surface area (Å²) >= 11 is 3.32. The Hall–Kier alpha value is -0.780. The maximum Gasteiger partial charge on any atom is 0.172 e. The third-order valence-electron chi connectivity index (χ3n) is 3.55. The van der Waals surface area contributed by atoms with Gasteiger partial charge in [-0.25, -0.2) is 0 Å². The second kappa shape index (κ2) is 6.59. The van der Waals surface area contributed by atoms with Crippen molar-refractivity contribution in [1.29, 1.82) is 0 Å². The van der Waals surface area contributed by atoms with Gasteiger partial charge in [0.1, 0.15) is 0 Å². The minimum atomic E-state index is -0.174. The summed E-state index contributed by atoms with van der Waals surface area (Å²) in [4.78, 5) is 0. The zero-order valence-corrected chi connectivity index (χ0v) is 12.6. The first-order valence-corrected chi connectivity index (χ1v) is 7.36. The molecule has 1 saturated carbocycles. The average Bonchev–Trinajstić information content (AvgIpc) is 2.40. The van der Waals surface area contributed by atoms with Crippen LogP contribution in [-0.2, 0) is 6.54 Å². The molecule has 0 bridgehead atoms.